The molecule has 6 nitrogen and oxygen atoms in total. The fraction of sp³-hybridized carbons (Fsp3) is 0.172. The molecule has 0 fully saturated rings. The molecule has 0 aliphatic carbocycles. The zero-order chi connectivity index (χ0) is 24.8. The number of hydrogen-bond donors (Lipinski definition) is 1. The fourth-order valence-electron chi connectivity index (χ4n) is 4.23. The Morgan fingerprint density at radius 3 is 2.26 bits per heavy atom. The van der Waals surface area contributed by atoms with E-state index in [1.165, 1.54) is 6.08 Å². The number of aliphatic hydroxyl groups is 1. The van der Waals surface area contributed by atoms with Crippen LogP contribution >= 0.6 is 0 Å². The number of ketones is 1. The van der Waals surface area contributed by atoms with Gasteiger partial charge in [0.1, 0.15) is 0 Å². The first kappa shape index (κ1) is 23.8. The lowest BCUT2D eigenvalue weighted by molar-refractivity contribution is -0.129. The van der Waals surface area contributed by atoms with Crippen LogP contribution in [-0.2, 0) is 16.0 Å². The van der Waals surface area contributed by atoms with Gasteiger partial charge in [0.15, 0.2) is 23.0 Å². The maximum Gasteiger partial charge on any atom is 0.290 e. The lowest BCUT2D eigenvalue weighted by Gasteiger charge is -2.26. The summed E-state index contributed by atoms with van der Waals surface area (Å²) in [7, 11) is 3.14. The smallest absolute Gasteiger partial charge is 0.290 e. The molecule has 0 bridgehead atoms. The van der Waals surface area contributed by atoms with E-state index < -0.39 is 23.5 Å². The minimum Gasteiger partial charge on any atom is -0.503 e. The van der Waals surface area contributed by atoms with Crippen molar-refractivity contribution in [3.05, 3.63) is 113 Å². The number of allylic oxidation sites excluding steroid dienone is 1. The van der Waals surface area contributed by atoms with Gasteiger partial charge in [0.25, 0.3) is 5.91 Å². The average Bonchev–Trinajstić information content (AvgIpc) is 3.16. The second-order valence-corrected chi connectivity index (χ2v) is 8.12. The van der Waals surface area contributed by atoms with Gasteiger partial charge in [-0.3, -0.25) is 9.59 Å². The lowest BCUT2D eigenvalue weighted by Crippen LogP contribution is -2.33. The van der Waals surface area contributed by atoms with Crippen LogP contribution in [-0.4, -0.2) is 42.5 Å². The topological polar surface area (TPSA) is 76.1 Å². The largest absolute Gasteiger partial charge is 0.503 e. The van der Waals surface area contributed by atoms with Gasteiger partial charge in [-0.05, 0) is 41.3 Å². The molecule has 35 heavy (non-hydrogen) atoms. The standard InChI is InChI=1S/C29H27NO5/c1-34-24-16-14-21(19-25(24)35-2)17-18-30-27(22-11-7-4-8-12-22)26(28(32)29(30)33)23(31)15-13-20-9-5-3-6-10-20/h3-16,19,27,32H,17-18H2,1-2H3/b15-13+. The van der Waals surface area contributed by atoms with Crippen molar-refractivity contribution in [3.8, 4) is 11.5 Å². The zero-order valence-electron chi connectivity index (χ0n) is 19.7. The van der Waals surface area contributed by atoms with Crippen molar-refractivity contribution >= 4 is 17.8 Å². The first-order valence-electron chi connectivity index (χ1n) is 11.3. The molecule has 3 aromatic carbocycles. The van der Waals surface area contributed by atoms with E-state index in [2.05, 4.69) is 0 Å². The Morgan fingerprint density at radius 2 is 1.60 bits per heavy atom. The van der Waals surface area contributed by atoms with Crippen LogP contribution in [0.5, 0.6) is 11.5 Å². The summed E-state index contributed by atoms with van der Waals surface area (Å²) < 4.78 is 10.7. The van der Waals surface area contributed by atoms with Crippen molar-refractivity contribution in [1.82, 2.24) is 4.90 Å². The molecule has 3 aromatic rings. The summed E-state index contributed by atoms with van der Waals surface area (Å²) >= 11 is 0. The van der Waals surface area contributed by atoms with E-state index in [4.69, 9.17) is 9.47 Å². The molecule has 4 rings (SSSR count). The van der Waals surface area contributed by atoms with Crippen LogP contribution < -0.4 is 9.47 Å². The minimum absolute atomic E-state index is 0.0840. The molecule has 0 aromatic heterocycles. The van der Waals surface area contributed by atoms with Gasteiger partial charge >= 0.3 is 0 Å². The Labute approximate surface area is 204 Å². The number of methoxy groups -OCH3 is 2. The predicted molar refractivity (Wildman–Crippen MR) is 134 cm³/mol. The normalized spacial score (nSPS) is 15.7. The first-order valence-corrected chi connectivity index (χ1v) is 11.3. The zero-order valence-corrected chi connectivity index (χ0v) is 19.7. The fourth-order valence-corrected chi connectivity index (χ4v) is 4.23. The van der Waals surface area contributed by atoms with Crippen molar-refractivity contribution in [3.63, 3.8) is 0 Å². The van der Waals surface area contributed by atoms with Crippen LogP contribution in [0.4, 0.5) is 0 Å². The molecule has 1 aliphatic heterocycles. The molecule has 1 N–H and O–H groups in total. The molecular weight excluding hydrogens is 442 g/mol. The molecule has 0 saturated carbocycles. The molecule has 1 aliphatic rings. The Hall–Kier alpha value is -4.32. The van der Waals surface area contributed by atoms with Gasteiger partial charge in [-0.1, -0.05) is 72.8 Å². The highest BCUT2D eigenvalue weighted by molar-refractivity contribution is 6.14. The van der Waals surface area contributed by atoms with E-state index in [9.17, 15) is 14.7 Å². The molecule has 0 spiro atoms. The third kappa shape index (κ3) is 5.11. The number of nitrogens with zero attached hydrogens (tertiary/aromatic N) is 1. The lowest BCUT2D eigenvalue weighted by atomic mass is 9.95. The van der Waals surface area contributed by atoms with E-state index in [1.807, 2.05) is 78.9 Å². The summed E-state index contributed by atoms with van der Waals surface area (Å²) in [6.07, 6.45) is 3.59. The highest BCUT2D eigenvalue weighted by atomic mass is 16.5. The maximum absolute atomic E-state index is 13.2. The quantitative estimate of drug-likeness (QED) is 0.450. The van der Waals surface area contributed by atoms with Gasteiger partial charge in [0, 0.05) is 6.54 Å². The highest BCUT2D eigenvalue weighted by Crippen LogP contribution is 2.38. The molecule has 1 amide bonds. The second kappa shape index (κ2) is 10.7. The van der Waals surface area contributed by atoms with Gasteiger partial charge in [0.05, 0.1) is 25.8 Å². The number of carbonyl (C=O) groups is 2. The molecule has 0 radical (unpaired) electrons. The van der Waals surface area contributed by atoms with Crippen LogP contribution in [0.2, 0.25) is 0 Å². The minimum atomic E-state index is -0.684. The van der Waals surface area contributed by atoms with Gasteiger partial charge in [-0.25, -0.2) is 0 Å². The SMILES string of the molecule is COc1ccc(CCN2C(=O)C(O)=C(C(=O)/C=C/c3ccccc3)C2c2ccccc2)cc1OC. The van der Waals surface area contributed by atoms with Crippen LogP contribution in [0, 0.1) is 0 Å². The Balaban J connectivity index is 1.62. The van der Waals surface area contributed by atoms with Gasteiger partial charge < -0.3 is 19.5 Å². The third-order valence-electron chi connectivity index (χ3n) is 6.00. The highest BCUT2D eigenvalue weighted by Gasteiger charge is 2.42. The molecule has 178 valence electrons. The molecule has 0 saturated heterocycles. The summed E-state index contributed by atoms with van der Waals surface area (Å²) in [6.45, 7) is 0.303. The molecule has 1 heterocycles. The summed E-state index contributed by atoms with van der Waals surface area (Å²) in [4.78, 5) is 27.9. The number of hydrogen-bond acceptors (Lipinski definition) is 5. The molecule has 6 heteroatoms. The summed E-state index contributed by atoms with van der Waals surface area (Å²) in [5, 5.41) is 10.8. The Bertz CT molecular complexity index is 1260. The van der Waals surface area contributed by atoms with Crippen molar-refractivity contribution in [2.75, 3.05) is 20.8 Å². The number of rotatable bonds is 9. The van der Waals surface area contributed by atoms with Crippen molar-refractivity contribution in [2.45, 2.75) is 12.5 Å². The van der Waals surface area contributed by atoms with E-state index in [1.54, 1.807) is 25.2 Å². The molecule has 1 unspecified atom stereocenters. The number of aliphatic hydroxyl groups excluding tert-OH is 1. The van der Waals surface area contributed by atoms with Crippen molar-refractivity contribution in [2.24, 2.45) is 0 Å². The summed E-state index contributed by atoms with van der Waals surface area (Å²) in [5.74, 6) is -0.250. The number of amides is 1. The number of benzene rings is 3. The van der Waals surface area contributed by atoms with Gasteiger partial charge in [0.2, 0.25) is 0 Å². The van der Waals surface area contributed by atoms with Crippen LogP contribution in [0.3, 0.4) is 0 Å². The molecule has 1 atom stereocenters. The monoisotopic (exact) mass is 469 g/mol. The molecular formula is C29H27NO5. The number of carbonyl (C=O) groups excluding carboxylic acids is 2. The first-order chi connectivity index (χ1) is 17.0. The van der Waals surface area contributed by atoms with Crippen LogP contribution in [0.1, 0.15) is 22.7 Å². The van der Waals surface area contributed by atoms with Crippen LogP contribution in [0.25, 0.3) is 6.08 Å². The Morgan fingerprint density at radius 1 is 0.943 bits per heavy atom. The average molecular weight is 470 g/mol. The van der Waals surface area contributed by atoms with E-state index in [0.29, 0.717) is 24.5 Å². The van der Waals surface area contributed by atoms with Crippen molar-refractivity contribution < 1.29 is 24.2 Å². The van der Waals surface area contributed by atoms with Crippen LogP contribution in [0.15, 0.2) is 96.3 Å². The second-order valence-electron chi connectivity index (χ2n) is 8.12. The third-order valence-corrected chi connectivity index (χ3v) is 6.00. The summed E-state index contributed by atoms with van der Waals surface area (Å²) in [6, 6.07) is 23.6. The Kier molecular flexibility index (Phi) is 7.31. The van der Waals surface area contributed by atoms with Gasteiger partial charge in [-0.2, -0.15) is 0 Å². The van der Waals surface area contributed by atoms with E-state index in [0.717, 1.165) is 16.7 Å². The number of ether oxygens (including phenoxy) is 2. The maximum atomic E-state index is 13.2. The van der Waals surface area contributed by atoms with Crippen molar-refractivity contribution in [1.29, 1.82) is 0 Å². The predicted octanol–water partition coefficient (Wildman–Crippen LogP) is 4.92. The summed E-state index contributed by atoms with van der Waals surface area (Å²) in [5.41, 5.74) is 2.63. The van der Waals surface area contributed by atoms with E-state index in [-0.39, 0.29) is 5.57 Å². The van der Waals surface area contributed by atoms with E-state index >= 15 is 0 Å². The van der Waals surface area contributed by atoms with Gasteiger partial charge in [-0.15, -0.1) is 0 Å².